The number of hydrogen-bond acceptors (Lipinski definition) is 1. The van der Waals surface area contributed by atoms with Gasteiger partial charge in [-0.05, 0) is 32.2 Å². The minimum atomic E-state index is 0.763. The van der Waals surface area contributed by atoms with Crippen molar-refractivity contribution in [2.75, 3.05) is 13.1 Å². The third-order valence-electron chi connectivity index (χ3n) is 3.74. The lowest BCUT2D eigenvalue weighted by Gasteiger charge is -2.36. The van der Waals surface area contributed by atoms with Crippen LogP contribution in [0.25, 0.3) is 0 Å². The van der Waals surface area contributed by atoms with E-state index in [9.17, 15) is 0 Å². The van der Waals surface area contributed by atoms with Crippen molar-refractivity contribution in [2.24, 2.45) is 0 Å². The lowest BCUT2D eigenvalue weighted by molar-refractivity contribution is 0.154. The molecule has 0 aromatic carbocycles. The SMILES string of the molecule is BrC1CCCN(C2CCCCCC2)C1. The number of rotatable bonds is 1. The standard InChI is InChI=1S/C12H22BrN/c13-11-6-5-9-14(10-11)12-7-3-1-2-4-8-12/h11-12H,1-10H2. The lowest BCUT2D eigenvalue weighted by Crippen LogP contribution is -2.42. The van der Waals surface area contributed by atoms with Crippen molar-refractivity contribution in [3.05, 3.63) is 0 Å². The molecule has 1 atom stereocenters. The van der Waals surface area contributed by atoms with E-state index < -0.39 is 0 Å². The molecule has 0 aromatic rings. The number of piperidine rings is 1. The van der Waals surface area contributed by atoms with Gasteiger partial charge in [-0.15, -0.1) is 0 Å². The second-order valence-corrected chi connectivity index (χ2v) is 6.17. The minimum Gasteiger partial charge on any atom is -0.299 e. The highest BCUT2D eigenvalue weighted by molar-refractivity contribution is 9.09. The van der Waals surface area contributed by atoms with Crippen LogP contribution in [0.15, 0.2) is 0 Å². The van der Waals surface area contributed by atoms with Crippen molar-refractivity contribution < 1.29 is 0 Å². The number of halogens is 1. The van der Waals surface area contributed by atoms with Gasteiger partial charge >= 0.3 is 0 Å². The van der Waals surface area contributed by atoms with Crippen LogP contribution in [0.1, 0.15) is 51.4 Å². The first-order valence-corrected chi connectivity index (χ1v) is 7.16. The molecule has 2 rings (SSSR count). The van der Waals surface area contributed by atoms with Crippen molar-refractivity contribution in [1.29, 1.82) is 0 Å². The topological polar surface area (TPSA) is 3.24 Å². The molecule has 0 N–H and O–H groups in total. The van der Waals surface area contributed by atoms with Gasteiger partial charge in [0.1, 0.15) is 0 Å². The maximum absolute atomic E-state index is 3.77. The molecule has 1 heterocycles. The Labute approximate surface area is 96.4 Å². The monoisotopic (exact) mass is 259 g/mol. The molecule has 2 fully saturated rings. The molecule has 0 amide bonds. The second-order valence-electron chi connectivity index (χ2n) is 4.88. The molecule has 0 radical (unpaired) electrons. The number of hydrogen-bond donors (Lipinski definition) is 0. The average Bonchev–Trinajstić information content (AvgIpc) is 2.45. The zero-order valence-electron chi connectivity index (χ0n) is 9.05. The summed E-state index contributed by atoms with van der Waals surface area (Å²) in [5.41, 5.74) is 0. The molecule has 2 aliphatic rings. The zero-order valence-corrected chi connectivity index (χ0v) is 10.6. The van der Waals surface area contributed by atoms with Crippen LogP contribution in [0.3, 0.4) is 0 Å². The Bertz CT molecular complexity index is 164. The van der Waals surface area contributed by atoms with E-state index in [1.807, 2.05) is 0 Å². The molecule has 2 heteroatoms. The Morgan fingerprint density at radius 2 is 1.57 bits per heavy atom. The van der Waals surface area contributed by atoms with E-state index in [0.717, 1.165) is 10.9 Å². The molecule has 0 aromatic heterocycles. The molecule has 1 nitrogen and oxygen atoms in total. The van der Waals surface area contributed by atoms with Crippen molar-refractivity contribution >= 4 is 15.9 Å². The summed E-state index contributed by atoms with van der Waals surface area (Å²) in [7, 11) is 0. The van der Waals surface area contributed by atoms with Gasteiger partial charge in [0.05, 0.1) is 0 Å². The first-order chi connectivity index (χ1) is 6.86. The van der Waals surface area contributed by atoms with Gasteiger partial charge in [0.25, 0.3) is 0 Å². The summed E-state index contributed by atoms with van der Waals surface area (Å²) < 4.78 is 0. The van der Waals surface area contributed by atoms with Gasteiger partial charge in [0.15, 0.2) is 0 Å². The Morgan fingerprint density at radius 1 is 0.857 bits per heavy atom. The van der Waals surface area contributed by atoms with E-state index in [1.54, 1.807) is 0 Å². The Hall–Kier alpha value is 0.440. The summed E-state index contributed by atoms with van der Waals surface area (Å²) in [5.74, 6) is 0. The summed E-state index contributed by atoms with van der Waals surface area (Å²) >= 11 is 3.77. The first-order valence-electron chi connectivity index (χ1n) is 6.24. The largest absolute Gasteiger partial charge is 0.299 e. The van der Waals surface area contributed by atoms with E-state index >= 15 is 0 Å². The maximum atomic E-state index is 3.77. The van der Waals surface area contributed by atoms with Crippen LogP contribution in [0.5, 0.6) is 0 Å². The molecule has 1 saturated heterocycles. The molecule has 0 spiro atoms. The lowest BCUT2D eigenvalue weighted by atomic mass is 10.0. The molecular weight excluding hydrogens is 238 g/mol. The highest BCUT2D eigenvalue weighted by atomic mass is 79.9. The van der Waals surface area contributed by atoms with Crippen LogP contribution in [0, 0.1) is 0 Å². The van der Waals surface area contributed by atoms with E-state index in [0.29, 0.717) is 0 Å². The summed E-state index contributed by atoms with van der Waals surface area (Å²) in [6.45, 7) is 2.65. The fourth-order valence-corrected chi connectivity index (χ4v) is 3.60. The van der Waals surface area contributed by atoms with Crippen molar-refractivity contribution in [3.8, 4) is 0 Å². The van der Waals surface area contributed by atoms with E-state index in [1.165, 1.54) is 64.5 Å². The van der Waals surface area contributed by atoms with Crippen LogP contribution in [0.2, 0.25) is 0 Å². The zero-order chi connectivity index (χ0) is 9.80. The molecule has 14 heavy (non-hydrogen) atoms. The third-order valence-corrected chi connectivity index (χ3v) is 4.48. The van der Waals surface area contributed by atoms with Gasteiger partial charge in [-0.3, -0.25) is 4.90 Å². The van der Waals surface area contributed by atoms with Gasteiger partial charge in [-0.25, -0.2) is 0 Å². The molecule has 1 aliphatic carbocycles. The van der Waals surface area contributed by atoms with Gasteiger partial charge in [0.2, 0.25) is 0 Å². The molecule has 1 saturated carbocycles. The van der Waals surface area contributed by atoms with Gasteiger partial charge in [-0.2, -0.15) is 0 Å². The van der Waals surface area contributed by atoms with E-state index in [4.69, 9.17) is 0 Å². The van der Waals surface area contributed by atoms with Gasteiger partial charge in [0, 0.05) is 17.4 Å². The Morgan fingerprint density at radius 3 is 2.21 bits per heavy atom. The van der Waals surface area contributed by atoms with Crippen LogP contribution < -0.4 is 0 Å². The molecule has 0 bridgehead atoms. The second kappa shape index (κ2) is 5.50. The summed E-state index contributed by atoms with van der Waals surface area (Å²) in [6, 6.07) is 0.915. The Balaban J connectivity index is 1.85. The predicted octanol–water partition coefficient (Wildman–Crippen LogP) is 3.57. The maximum Gasteiger partial charge on any atom is 0.0273 e. The smallest absolute Gasteiger partial charge is 0.0273 e. The number of nitrogens with zero attached hydrogens (tertiary/aromatic N) is 1. The fraction of sp³-hybridized carbons (Fsp3) is 1.00. The molecule has 1 aliphatic heterocycles. The highest BCUT2D eigenvalue weighted by Crippen LogP contribution is 2.26. The van der Waals surface area contributed by atoms with Crippen LogP contribution in [0.4, 0.5) is 0 Å². The van der Waals surface area contributed by atoms with Crippen molar-refractivity contribution in [1.82, 2.24) is 4.90 Å². The summed E-state index contributed by atoms with van der Waals surface area (Å²) in [6.07, 6.45) is 11.6. The summed E-state index contributed by atoms with van der Waals surface area (Å²) in [5, 5.41) is 0. The van der Waals surface area contributed by atoms with Crippen LogP contribution in [-0.4, -0.2) is 28.9 Å². The van der Waals surface area contributed by atoms with Crippen LogP contribution >= 0.6 is 15.9 Å². The number of likely N-dealkylation sites (tertiary alicyclic amines) is 1. The quantitative estimate of drug-likeness (QED) is 0.514. The normalized spacial score (nSPS) is 32.8. The predicted molar refractivity (Wildman–Crippen MR) is 65.0 cm³/mol. The van der Waals surface area contributed by atoms with Gasteiger partial charge < -0.3 is 0 Å². The Kier molecular flexibility index (Phi) is 4.30. The van der Waals surface area contributed by atoms with E-state index in [2.05, 4.69) is 20.8 Å². The van der Waals surface area contributed by atoms with Crippen molar-refractivity contribution in [3.63, 3.8) is 0 Å². The fourth-order valence-electron chi connectivity index (χ4n) is 2.91. The molecule has 1 unspecified atom stereocenters. The number of alkyl halides is 1. The van der Waals surface area contributed by atoms with Gasteiger partial charge in [-0.1, -0.05) is 41.6 Å². The summed E-state index contributed by atoms with van der Waals surface area (Å²) in [4.78, 5) is 3.51. The highest BCUT2D eigenvalue weighted by Gasteiger charge is 2.24. The van der Waals surface area contributed by atoms with Crippen molar-refractivity contribution in [2.45, 2.75) is 62.2 Å². The third kappa shape index (κ3) is 2.96. The molecular formula is C12H22BrN. The van der Waals surface area contributed by atoms with Crippen LogP contribution in [-0.2, 0) is 0 Å². The first kappa shape index (κ1) is 10.9. The van der Waals surface area contributed by atoms with E-state index in [-0.39, 0.29) is 0 Å². The molecule has 82 valence electrons. The minimum absolute atomic E-state index is 0.763. The average molecular weight is 260 g/mol.